The van der Waals surface area contributed by atoms with E-state index in [9.17, 15) is 17.6 Å². The van der Waals surface area contributed by atoms with Gasteiger partial charge in [-0.25, -0.2) is 9.37 Å². The molecule has 1 aromatic heterocycles. The maximum absolute atomic E-state index is 13.5. The minimum absolute atomic E-state index is 0.137. The number of hydrogen-bond donors (Lipinski definition) is 2. The number of nitrogens with one attached hydrogen (secondary N) is 2. The maximum Gasteiger partial charge on any atom is 0.419 e. The Bertz CT molecular complexity index is 920. The number of halogens is 4. The van der Waals surface area contributed by atoms with Gasteiger partial charge in [0.2, 0.25) is 0 Å². The van der Waals surface area contributed by atoms with Crippen molar-refractivity contribution < 1.29 is 17.6 Å². The van der Waals surface area contributed by atoms with Crippen LogP contribution in [0.2, 0.25) is 0 Å². The molecule has 1 aliphatic rings. The Morgan fingerprint density at radius 3 is 2.65 bits per heavy atom. The van der Waals surface area contributed by atoms with Gasteiger partial charge >= 0.3 is 6.18 Å². The van der Waals surface area contributed by atoms with E-state index in [0.29, 0.717) is 17.7 Å². The summed E-state index contributed by atoms with van der Waals surface area (Å²) >= 11 is 0. The third-order valence-corrected chi connectivity index (χ3v) is 5.54. The second kappa shape index (κ2) is 9.71. The molecule has 2 aromatic rings. The Balaban J connectivity index is 1.75. The Kier molecular flexibility index (Phi) is 7.23. The first kappa shape index (κ1) is 23.1. The number of anilines is 2. The summed E-state index contributed by atoms with van der Waals surface area (Å²) in [7, 11) is 0. The molecule has 1 fully saturated rings. The zero-order chi connectivity index (χ0) is 22.6. The van der Waals surface area contributed by atoms with Gasteiger partial charge in [0.15, 0.2) is 0 Å². The molecule has 0 saturated heterocycles. The van der Waals surface area contributed by atoms with Crippen LogP contribution in [0, 0.1) is 11.7 Å². The predicted molar refractivity (Wildman–Crippen MR) is 117 cm³/mol. The van der Waals surface area contributed by atoms with Gasteiger partial charge in [0.05, 0.1) is 5.56 Å². The van der Waals surface area contributed by atoms with Crippen molar-refractivity contribution in [2.24, 2.45) is 5.92 Å². The van der Waals surface area contributed by atoms with Gasteiger partial charge in [-0.2, -0.15) is 13.2 Å². The van der Waals surface area contributed by atoms with Crippen LogP contribution >= 0.6 is 0 Å². The first-order valence-electron chi connectivity index (χ1n) is 10.8. The largest absolute Gasteiger partial charge is 0.419 e. The van der Waals surface area contributed by atoms with Crippen LogP contribution < -0.4 is 10.6 Å². The molecule has 3 rings (SSSR count). The van der Waals surface area contributed by atoms with E-state index in [1.165, 1.54) is 18.9 Å². The number of aromatic nitrogens is 1. The molecule has 1 aliphatic carbocycles. The predicted octanol–water partition coefficient (Wildman–Crippen LogP) is 7.25. The number of benzene rings is 1. The Hall–Kier alpha value is -2.57. The lowest BCUT2D eigenvalue weighted by Gasteiger charge is -2.18. The van der Waals surface area contributed by atoms with Crippen molar-refractivity contribution >= 4 is 17.2 Å². The lowest BCUT2D eigenvalue weighted by molar-refractivity contribution is -0.139. The summed E-state index contributed by atoms with van der Waals surface area (Å²) in [6.45, 7) is 9.39. The lowest BCUT2D eigenvalue weighted by atomic mass is 10.0. The van der Waals surface area contributed by atoms with Gasteiger partial charge < -0.3 is 10.6 Å². The molecular formula is C24H29F4N3. The van der Waals surface area contributed by atoms with Crippen molar-refractivity contribution in [2.75, 3.05) is 11.9 Å². The molecule has 168 valence electrons. The molecular weight excluding hydrogens is 406 g/mol. The molecule has 3 nitrogen and oxygen atoms in total. The Morgan fingerprint density at radius 2 is 2.00 bits per heavy atom. The maximum atomic E-state index is 13.5. The van der Waals surface area contributed by atoms with Crippen molar-refractivity contribution in [3.05, 3.63) is 59.5 Å². The summed E-state index contributed by atoms with van der Waals surface area (Å²) in [4.78, 5) is 4.37. The minimum Gasteiger partial charge on any atom is -0.385 e. The third-order valence-electron chi connectivity index (χ3n) is 5.54. The fourth-order valence-corrected chi connectivity index (χ4v) is 3.54. The minimum atomic E-state index is -4.75. The number of unbranched alkanes of at least 4 members (excludes halogenated alkanes) is 1. The molecule has 0 radical (unpaired) electrons. The van der Waals surface area contributed by atoms with Crippen LogP contribution in [-0.2, 0) is 6.18 Å². The smallest absolute Gasteiger partial charge is 0.385 e. The highest BCUT2D eigenvalue weighted by atomic mass is 19.4. The normalized spacial score (nSPS) is 14.9. The molecule has 0 spiro atoms. The van der Waals surface area contributed by atoms with Gasteiger partial charge in [-0.3, -0.25) is 0 Å². The van der Waals surface area contributed by atoms with Gasteiger partial charge in [0.1, 0.15) is 11.6 Å². The van der Waals surface area contributed by atoms with Crippen LogP contribution in [-0.4, -0.2) is 11.5 Å². The van der Waals surface area contributed by atoms with Crippen molar-refractivity contribution in [1.29, 1.82) is 0 Å². The van der Waals surface area contributed by atoms with E-state index >= 15 is 0 Å². The van der Waals surface area contributed by atoms with E-state index in [4.69, 9.17) is 0 Å². The molecule has 0 amide bonds. The van der Waals surface area contributed by atoms with Crippen LogP contribution in [0.5, 0.6) is 0 Å². The van der Waals surface area contributed by atoms with Gasteiger partial charge in [-0.05, 0) is 60.9 Å². The summed E-state index contributed by atoms with van der Waals surface area (Å²) in [5, 5.41) is 6.29. The quantitative estimate of drug-likeness (QED) is 0.386. The highest BCUT2D eigenvalue weighted by molar-refractivity contribution is 5.68. The number of alkyl halides is 3. The zero-order valence-corrected chi connectivity index (χ0v) is 18.0. The molecule has 0 aliphatic heterocycles. The van der Waals surface area contributed by atoms with E-state index in [0.717, 1.165) is 54.8 Å². The lowest BCUT2D eigenvalue weighted by Crippen LogP contribution is -2.20. The average molecular weight is 436 g/mol. The SMILES string of the molecule is C=C(NCC(C)CCCC)c1cnc(Nc2ccc(F)c(C(F)(F)F)c2)cc1C1CC1. The topological polar surface area (TPSA) is 37.0 Å². The molecule has 1 unspecified atom stereocenters. The third kappa shape index (κ3) is 6.21. The monoisotopic (exact) mass is 435 g/mol. The molecule has 1 saturated carbocycles. The number of nitrogens with zero attached hydrogens (tertiary/aromatic N) is 1. The second-order valence-corrected chi connectivity index (χ2v) is 8.36. The molecule has 1 atom stereocenters. The second-order valence-electron chi connectivity index (χ2n) is 8.36. The molecule has 7 heteroatoms. The number of rotatable bonds is 10. The fourth-order valence-electron chi connectivity index (χ4n) is 3.54. The van der Waals surface area contributed by atoms with Crippen LogP contribution in [0.25, 0.3) is 5.70 Å². The van der Waals surface area contributed by atoms with Gasteiger partial charge in [-0.1, -0.05) is 33.3 Å². The highest BCUT2D eigenvalue weighted by Crippen LogP contribution is 2.43. The van der Waals surface area contributed by atoms with Crippen LogP contribution in [0.3, 0.4) is 0 Å². The highest BCUT2D eigenvalue weighted by Gasteiger charge is 2.34. The molecule has 1 aromatic carbocycles. The Labute approximate surface area is 181 Å². The zero-order valence-electron chi connectivity index (χ0n) is 18.0. The first-order chi connectivity index (χ1) is 14.7. The molecule has 0 bridgehead atoms. The Morgan fingerprint density at radius 1 is 1.26 bits per heavy atom. The van der Waals surface area contributed by atoms with Gasteiger partial charge in [-0.15, -0.1) is 0 Å². The molecule has 31 heavy (non-hydrogen) atoms. The van der Waals surface area contributed by atoms with Gasteiger partial charge in [0, 0.05) is 29.7 Å². The average Bonchev–Trinajstić information content (AvgIpc) is 3.56. The standard InChI is InChI=1S/C24H29F4N3/c1-4-5-6-15(2)13-29-16(3)20-14-30-23(12-19(20)17-7-8-17)31-18-9-10-22(25)21(11-18)24(26,27)28/h9-12,14-15,17,29H,3-8,13H2,1-2H3,(H,30,31). The summed E-state index contributed by atoms with van der Waals surface area (Å²) in [5.41, 5.74) is 1.66. The number of hydrogen-bond acceptors (Lipinski definition) is 3. The van der Waals surface area contributed by atoms with Crippen molar-refractivity contribution in [1.82, 2.24) is 10.3 Å². The van der Waals surface area contributed by atoms with E-state index in [1.807, 2.05) is 6.07 Å². The summed E-state index contributed by atoms with van der Waals surface area (Å²) in [6.07, 6.45) is 2.60. The summed E-state index contributed by atoms with van der Waals surface area (Å²) < 4.78 is 52.5. The van der Waals surface area contributed by atoms with E-state index in [1.54, 1.807) is 6.20 Å². The van der Waals surface area contributed by atoms with Crippen LogP contribution in [0.4, 0.5) is 29.1 Å². The van der Waals surface area contributed by atoms with Crippen molar-refractivity contribution in [3.63, 3.8) is 0 Å². The van der Waals surface area contributed by atoms with Crippen molar-refractivity contribution in [2.45, 2.75) is 58.0 Å². The van der Waals surface area contributed by atoms with Crippen molar-refractivity contribution in [3.8, 4) is 0 Å². The number of pyridine rings is 1. The van der Waals surface area contributed by atoms with Crippen LogP contribution in [0.15, 0.2) is 37.0 Å². The van der Waals surface area contributed by atoms with E-state index in [-0.39, 0.29) is 5.69 Å². The van der Waals surface area contributed by atoms with Gasteiger partial charge in [0.25, 0.3) is 0 Å². The fraction of sp³-hybridized carbons (Fsp3) is 0.458. The molecule has 2 N–H and O–H groups in total. The van der Waals surface area contributed by atoms with Crippen LogP contribution in [0.1, 0.15) is 68.6 Å². The summed E-state index contributed by atoms with van der Waals surface area (Å²) in [5.74, 6) is 0.0647. The van der Waals surface area contributed by atoms with E-state index in [2.05, 4.69) is 36.0 Å². The van der Waals surface area contributed by atoms with E-state index < -0.39 is 17.6 Å². The summed E-state index contributed by atoms with van der Waals surface area (Å²) in [6, 6.07) is 4.71. The first-order valence-corrected chi connectivity index (χ1v) is 10.8. The molecule has 1 heterocycles.